The highest BCUT2D eigenvalue weighted by molar-refractivity contribution is 5.93. The van der Waals surface area contributed by atoms with Gasteiger partial charge in [0, 0.05) is 17.8 Å². The van der Waals surface area contributed by atoms with Crippen LogP contribution in [0.4, 0.5) is 0 Å². The topological polar surface area (TPSA) is 17.1 Å². The van der Waals surface area contributed by atoms with Gasteiger partial charge in [-0.2, -0.15) is 0 Å². The number of carbonyl (C=O) groups excluding carboxylic acids is 1. The first-order valence-corrected chi connectivity index (χ1v) is 6.65. The van der Waals surface area contributed by atoms with Crippen LogP contribution in [0, 0.1) is 19.3 Å². The molecule has 17 heavy (non-hydrogen) atoms. The van der Waals surface area contributed by atoms with Crippen LogP contribution in [0.3, 0.4) is 0 Å². The van der Waals surface area contributed by atoms with Crippen molar-refractivity contribution in [2.75, 3.05) is 0 Å². The van der Waals surface area contributed by atoms with E-state index in [2.05, 4.69) is 45.9 Å². The minimum Gasteiger partial charge on any atom is -0.299 e. The number of Topliss-reactive ketones (excluding diaryl/α,β-unsaturated/α-hetero) is 1. The third-order valence-corrected chi connectivity index (χ3v) is 4.52. The van der Waals surface area contributed by atoms with Crippen molar-refractivity contribution in [1.82, 2.24) is 0 Å². The van der Waals surface area contributed by atoms with E-state index in [-0.39, 0.29) is 5.41 Å². The van der Waals surface area contributed by atoms with E-state index in [1.54, 1.807) is 0 Å². The van der Waals surface area contributed by atoms with Gasteiger partial charge in [-0.25, -0.2) is 0 Å². The fourth-order valence-electron chi connectivity index (χ4n) is 3.43. The molecule has 0 aromatic heterocycles. The maximum Gasteiger partial charge on any atom is 0.140 e. The summed E-state index contributed by atoms with van der Waals surface area (Å²) in [4.78, 5) is 12.0. The Balaban J connectivity index is 2.38. The van der Waals surface area contributed by atoms with Crippen molar-refractivity contribution in [2.24, 2.45) is 5.41 Å². The van der Waals surface area contributed by atoms with Gasteiger partial charge in [-0.05, 0) is 32.3 Å². The SMILES string of the molecule is CCC1(CC)C(=O)CC1c1cc(C)cc(C)c1. The molecule has 2 rings (SSSR count). The van der Waals surface area contributed by atoms with Crippen LogP contribution in [0.1, 0.15) is 55.7 Å². The summed E-state index contributed by atoms with van der Waals surface area (Å²) >= 11 is 0. The van der Waals surface area contributed by atoms with Crippen molar-refractivity contribution in [3.8, 4) is 0 Å². The standard InChI is InChI=1S/C16H22O/c1-5-16(6-2)14(10-15(16)17)13-8-11(3)7-12(4)9-13/h7-9,14H,5-6,10H2,1-4H3. The summed E-state index contributed by atoms with van der Waals surface area (Å²) in [5, 5.41) is 0. The van der Waals surface area contributed by atoms with Crippen molar-refractivity contribution in [2.45, 2.75) is 52.9 Å². The summed E-state index contributed by atoms with van der Waals surface area (Å²) in [6.07, 6.45) is 2.69. The number of aryl methyl sites for hydroxylation is 2. The summed E-state index contributed by atoms with van der Waals surface area (Å²) in [7, 11) is 0. The molecule has 1 fully saturated rings. The first-order valence-electron chi connectivity index (χ1n) is 6.65. The molecule has 92 valence electrons. The van der Waals surface area contributed by atoms with Gasteiger partial charge in [0.2, 0.25) is 0 Å². The van der Waals surface area contributed by atoms with Gasteiger partial charge in [-0.3, -0.25) is 4.79 Å². The van der Waals surface area contributed by atoms with Crippen LogP contribution >= 0.6 is 0 Å². The molecule has 1 saturated carbocycles. The van der Waals surface area contributed by atoms with E-state index >= 15 is 0 Å². The summed E-state index contributed by atoms with van der Waals surface area (Å²) in [5.74, 6) is 0.912. The molecule has 1 aliphatic carbocycles. The number of carbonyl (C=O) groups is 1. The first kappa shape index (κ1) is 12.3. The van der Waals surface area contributed by atoms with Crippen molar-refractivity contribution >= 4 is 5.78 Å². The number of hydrogen-bond acceptors (Lipinski definition) is 1. The van der Waals surface area contributed by atoms with Crippen LogP contribution in [0.2, 0.25) is 0 Å². The van der Waals surface area contributed by atoms with Gasteiger partial charge in [0.15, 0.2) is 0 Å². The van der Waals surface area contributed by atoms with Crippen LogP contribution in [0.5, 0.6) is 0 Å². The number of ketones is 1. The number of hydrogen-bond donors (Lipinski definition) is 0. The van der Waals surface area contributed by atoms with E-state index in [1.807, 2.05) is 0 Å². The third-order valence-electron chi connectivity index (χ3n) is 4.52. The van der Waals surface area contributed by atoms with E-state index < -0.39 is 0 Å². The second-order valence-electron chi connectivity index (χ2n) is 5.46. The minimum absolute atomic E-state index is 0.0692. The maximum atomic E-state index is 12.0. The Morgan fingerprint density at radius 1 is 1.12 bits per heavy atom. The molecule has 1 atom stereocenters. The van der Waals surface area contributed by atoms with E-state index in [4.69, 9.17) is 0 Å². The van der Waals surface area contributed by atoms with Crippen molar-refractivity contribution in [3.63, 3.8) is 0 Å². The zero-order chi connectivity index (χ0) is 12.6. The van der Waals surface area contributed by atoms with Gasteiger partial charge < -0.3 is 0 Å². The lowest BCUT2D eigenvalue weighted by atomic mass is 9.54. The Labute approximate surface area is 104 Å². The van der Waals surface area contributed by atoms with Crippen LogP contribution in [-0.4, -0.2) is 5.78 Å². The average molecular weight is 230 g/mol. The predicted molar refractivity (Wildman–Crippen MR) is 71.3 cm³/mol. The molecular formula is C16H22O. The van der Waals surface area contributed by atoms with Gasteiger partial charge in [-0.15, -0.1) is 0 Å². The van der Waals surface area contributed by atoms with Crippen LogP contribution in [0.15, 0.2) is 18.2 Å². The molecule has 1 aromatic rings. The van der Waals surface area contributed by atoms with Crippen molar-refractivity contribution in [3.05, 3.63) is 34.9 Å². The summed E-state index contributed by atoms with van der Waals surface area (Å²) in [5.41, 5.74) is 3.91. The summed E-state index contributed by atoms with van der Waals surface area (Å²) in [6.45, 7) is 8.57. The molecule has 1 aromatic carbocycles. The molecule has 1 heteroatoms. The monoisotopic (exact) mass is 230 g/mol. The molecule has 1 aliphatic rings. The minimum atomic E-state index is -0.0692. The average Bonchev–Trinajstić information content (AvgIpc) is 2.26. The zero-order valence-corrected chi connectivity index (χ0v) is 11.3. The van der Waals surface area contributed by atoms with Gasteiger partial charge in [0.25, 0.3) is 0 Å². The normalized spacial score (nSPS) is 22.4. The molecule has 0 aliphatic heterocycles. The van der Waals surface area contributed by atoms with Crippen LogP contribution in [0.25, 0.3) is 0 Å². The summed E-state index contributed by atoms with van der Waals surface area (Å²) < 4.78 is 0. The lowest BCUT2D eigenvalue weighted by molar-refractivity contribution is -0.141. The van der Waals surface area contributed by atoms with E-state index in [1.165, 1.54) is 16.7 Å². The quantitative estimate of drug-likeness (QED) is 0.761. The van der Waals surface area contributed by atoms with E-state index in [9.17, 15) is 4.79 Å². The highest BCUT2D eigenvalue weighted by Gasteiger charge is 2.52. The Morgan fingerprint density at radius 3 is 2.06 bits per heavy atom. The first-order chi connectivity index (χ1) is 8.03. The van der Waals surface area contributed by atoms with Gasteiger partial charge in [0.05, 0.1) is 0 Å². The van der Waals surface area contributed by atoms with Crippen molar-refractivity contribution < 1.29 is 4.79 Å². The van der Waals surface area contributed by atoms with Gasteiger partial charge >= 0.3 is 0 Å². The molecule has 0 radical (unpaired) electrons. The molecule has 0 N–H and O–H groups in total. The largest absolute Gasteiger partial charge is 0.299 e. The molecule has 0 bridgehead atoms. The highest BCUT2D eigenvalue weighted by Crippen LogP contribution is 2.54. The third kappa shape index (κ3) is 1.82. The Kier molecular flexibility index (Phi) is 3.11. The second kappa shape index (κ2) is 4.29. The van der Waals surface area contributed by atoms with Gasteiger partial charge in [0.1, 0.15) is 5.78 Å². The van der Waals surface area contributed by atoms with E-state index in [0.29, 0.717) is 11.7 Å². The molecule has 0 heterocycles. The Bertz CT molecular complexity index is 421. The molecule has 1 nitrogen and oxygen atoms in total. The molecule has 0 spiro atoms. The van der Waals surface area contributed by atoms with E-state index in [0.717, 1.165) is 19.3 Å². The molecule has 0 amide bonds. The number of benzene rings is 1. The predicted octanol–water partition coefficient (Wildman–Crippen LogP) is 4.17. The Morgan fingerprint density at radius 2 is 1.65 bits per heavy atom. The van der Waals surface area contributed by atoms with Crippen LogP contribution < -0.4 is 0 Å². The number of rotatable bonds is 3. The molecular weight excluding hydrogens is 208 g/mol. The van der Waals surface area contributed by atoms with Gasteiger partial charge in [-0.1, -0.05) is 43.2 Å². The second-order valence-corrected chi connectivity index (χ2v) is 5.46. The Hall–Kier alpha value is -1.11. The lowest BCUT2D eigenvalue weighted by Gasteiger charge is -2.47. The molecule has 1 unspecified atom stereocenters. The van der Waals surface area contributed by atoms with Crippen molar-refractivity contribution in [1.29, 1.82) is 0 Å². The smallest absolute Gasteiger partial charge is 0.140 e. The molecule has 0 saturated heterocycles. The fraction of sp³-hybridized carbons (Fsp3) is 0.562. The maximum absolute atomic E-state index is 12.0. The summed E-state index contributed by atoms with van der Waals surface area (Å²) in [6, 6.07) is 6.71. The lowest BCUT2D eigenvalue weighted by Crippen LogP contribution is -2.47. The van der Waals surface area contributed by atoms with Crippen LogP contribution in [-0.2, 0) is 4.79 Å². The zero-order valence-electron chi connectivity index (χ0n) is 11.3. The fourth-order valence-corrected chi connectivity index (χ4v) is 3.43. The highest BCUT2D eigenvalue weighted by atomic mass is 16.1.